The van der Waals surface area contributed by atoms with Gasteiger partial charge in [0.2, 0.25) is 0 Å². The van der Waals surface area contributed by atoms with Crippen LogP contribution in [-0.2, 0) is 0 Å². The fourth-order valence-electron chi connectivity index (χ4n) is 5.56. The highest BCUT2D eigenvalue weighted by Crippen LogP contribution is 2.47. The first kappa shape index (κ1) is 19.5. The number of fused-ring (bicyclic) bond motifs is 5. The van der Waals surface area contributed by atoms with Crippen molar-refractivity contribution in [2.45, 2.75) is 0 Å². The van der Waals surface area contributed by atoms with Gasteiger partial charge in [-0.25, -0.2) is 0 Å². The summed E-state index contributed by atoms with van der Waals surface area (Å²) in [7, 11) is 0. The van der Waals surface area contributed by atoms with Crippen LogP contribution in [0.1, 0.15) is 0 Å². The molecule has 1 aliphatic heterocycles. The Morgan fingerprint density at radius 2 is 1.17 bits per heavy atom. The minimum Gasteiger partial charge on any atom is -0.456 e. The van der Waals surface area contributed by atoms with Crippen molar-refractivity contribution in [3.63, 3.8) is 0 Å². The van der Waals surface area contributed by atoms with Crippen LogP contribution >= 0.6 is 0 Å². The van der Waals surface area contributed by atoms with Gasteiger partial charge in [0.15, 0.2) is 0 Å². The third kappa shape index (κ3) is 2.79. The van der Waals surface area contributed by atoms with E-state index in [0.717, 1.165) is 50.1 Å². The van der Waals surface area contributed by atoms with Crippen molar-refractivity contribution in [1.82, 2.24) is 0 Å². The molecule has 2 nitrogen and oxygen atoms in total. The van der Waals surface area contributed by atoms with Crippen LogP contribution in [0.5, 0.6) is 11.5 Å². The van der Waals surface area contributed by atoms with Crippen LogP contribution in [0.2, 0.25) is 0 Å². The molecule has 2 heteroatoms. The van der Waals surface area contributed by atoms with Crippen molar-refractivity contribution in [3.8, 4) is 44.9 Å². The smallest absolute Gasteiger partial charge is 0.143 e. The van der Waals surface area contributed by atoms with Gasteiger partial charge in [0.25, 0.3) is 0 Å². The Hall–Kier alpha value is -4.82. The lowest BCUT2D eigenvalue weighted by Crippen LogP contribution is -1.97. The number of rotatable bonds is 2. The molecule has 0 N–H and O–H groups in total. The average molecular weight is 461 g/mol. The zero-order valence-corrected chi connectivity index (χ0v) is 19.4. The summed E-state index contributed by atoms with van der Waals surface area (Å²) in [5.74, 6) is 1.82. The lowest BCUT2D eigenvalue weighted by atomic mass is 9.92. The molecule has 0 saturated heterocycles. The average Bonchev–Trinajstić information content (AvgIpc) is 3.32. The van der Waals surface area contributed by atoms with Gasteiger partial charge in [-0.05, 0) is 51.9 Å². The summed E-state index contributed by atoms with van der Waals surface area (Å²) in [6.07, 6.45) is 0. The molecule has 0 bridgehead atoms. The maximum Gasteiger partial charge on any atom is 0.143 e. The van der Waals surface area contributed by atoms with Crippen LogP contribution in [0, 0.1) is 0 Å². The van der Waals surface area contributed by atoms with E-state index >= 15 is 0 Å². The Morgan fingerprint density at radius 1 is 0.444 bits per heavy atom. The molecule has 7 aromatic rings. The molecule has 0 spiro atoms. The van der Waals surface area contributed by atoms with Crippen LogP contribution in [0.4, 0.5) is 0 Å². The zero-order chi connectivity index (χ0) is 23.6. The van der Waals surface area contributed by atoms with Crippen LogP contribution in [-0.4, -0.2) is 0 Å². The Morgan fingerprint density at radius 3 is 2.08 bits per heavy atom. The van der Waals surface area contributed by atoms with Crippen molar-refractivity contribution in [3.05, 3.63) is 121 Å². The summed E-state index contributed by atoms with van der Waals surface area (Å²) >= 11 is 0. The van der Waals surface area contributed by atoms with Crippen molar-refractivity contribution in [2.75, 3.05) is 0 Å². The molecule has 0 saturated carbocycles. The van der Waals surface area contributed by atoms with Gasteiger partial charge >= 0.3 is 0 Å². The van der Waals surface area contributed by atoms with E-state index in [2.05, 4.69) is 97.1 Å². The fourth-order valence-corrected chi connectivity index (χ4v) is 5.56. The molecule has 0 radical (unpaired) electrons. The Kier molecular flexibility index (Phi) is 3.97. The number of para-hydroxylation sites is 2. The number of benzene rings is 6. The second-order valence-electron chi connectivity index (χ2n) is 9.33. The van der Waals surface area contributed by atoms with Crippen LogP contribution in [0.15, 0.2) is 126 Å². The van der Waals surface area contributed by atoms with E-state index in [4.69, 9.17) is 9.15 Å². The van der Waals surface area contributed by atoms with Gasteiger partial charge in [-0.1, -0.05) is 97.1 Å². The Balaban J connectivity index is 1.22. The minimum absolute atomic E-state index is 0.901. The van der Waals surface area contributed by atoms with E-state index < -0.39 is 0 Å². The van der Waals surface area contributed by atoms with E-state index in [-0.39, 0.29) is 0 Å². The molecule has 1 aliphatic rings. The van der Waals surface area contributed by atoms with E-state index in [1.807, 2.05) is 24.3 Å². The summed E-state index contributed by atoms with van der Waals surface area (Å²) in [6.45, 7) is 0. The van der Waals surface area contributed by atoms with Crippen molar-refractivity contribution in [1.29, 1.82) is 0 Å². The molecule has 0 fully saturated rings. The second kappa shape index (κ2) is 7.34. The number of hydrogen-bond donors (Lipinski definition) is 0. The Labute approximate surface area is 208 Å². The van der Waals surface area contributed by atoms with Gasteiger partial charge in [-0.3, -0.25) is 0 Å². The number of hydrogen-bond acceptors (Lipinski definition) is 2. The third-order valence-corrected chi connectivity index (χ3v) is 7.29. The van der Waals surface area contributed by atoms with Crippen LogP contribution < -0.4 is 4.74 Å². The maximum absolute atomic E-state index is 6.27. The van der Waals surface area contributed by atoms with Crippen molar-refractivity contribution >= 4 is 32.7 Å². The molecule has 168 valence electrons. The molecule has 0 atom stereocenters. The number of ether oxygens (including phenoxy) is 1. The lowest BCUT2D eigenvalue weighted by Gasteiger charge is -2.22. The van der Waals surface area contributed by atoms with Gasteiger partial charge in [0.1, 0.15) is 22.7 Å². The van der Waals surface area contributed by atoms with Crippen molar-refractivity contribution in [2.24, 2.45) is 0 Å². The first-order valence-electron chi connectivity index (χ1n) is 12.2. The lowest BCUT2D eigenvalue weighted by molar-refractivity contribution is 0.487. The summed E-state index contributed by atoms with van der Waals surface area (Å²) in [5, 5.41) is 4.68. The standard InChI is InChI=1S/C34H20O2/c1-2-12-30-26(8-1)28-11-5-9-25(34(28)36-30)22-16-14-21(15-17-22)24-18-19-31-29(20-24)27-10-3-6-23-7-4-13-32(35-31)33(23)27/h1-20H. The predicted molar refractivity (Wildman–Crippen MR) is 148 cm³/mol. The van der Waals surface area contributed by atoms with E-state index in [1.54, 1.807) is 0 Å². The predicted octanol–water partition coefficient (Wildman–Crippen LogP) is 9.85. The Bertz CT molecular complexity index is 1950. The minimum atomic E-state index is 0.901. The molecule has 2 heterocycles. The molecule has 0 amide bonds. The zero-order valence-electron chi connectivity index (χ0n) is 19.4. The number of furan rings is 1. The van der Waals surface area contributed by atoms with E-state index in [0.29, 0.717) is 0 Å². The summed E-state index contributed by atoms with van der Waals surface area (Å²) < 4.78 is 12.5. The highest BCUT2D eigenvalue weighted by atomic mass is 16.5. The molecular weight excluding hydrogens is 440 g/mol. The summed E-state index contributed by atoms with van der Waals surface area (Å²) in [5.41, 5.74) is 8.80. The van der Waals surface area contributed by atoms with Crippen molar-refractivity contribution < 1.29 is 9.15 Å². The molecule has 36 heavy (non-hydrogen) atoms. The highest BCUT2D eigenvalue weighted by molar-refractivity contribution is 6.09. The topological polar surface area (TPSA) is 22.4 Å². The van der Waals surface area contributed by atoms with Gasteiger partial charge < -0.3 is 9.15 Å². The molecule has 1 aromatic heterocycles. The summed E-state index contributed by atoms with van der Waals surface area (Å²) in [4.78, 5) is 0. The van der Waals surface area contributed by atoms with Crippen LogP contribution in [0.25, 0.3) is 66.1 Å². The quantitative estimate of drug-likeness (QED) is 0.256. The summed E-state index contributed by atoms with van der Waals surface area (Å²) in [6, 6.07) is 42.5. The normalized spacial score (nSPS) is 12.1. The molecule has 8 rings (SSSR count). The van der Waals surface area contributed by atoms with Gasteiger partial charge in [-0.15, -0.1) is 0 Å². The van der Waals surface area contributed by atoms with E-state index in [1.165, 1.54) is 27.5 Å². The largest absolute Gasteiger partial charge is 0.456 e. The first-order chi connectivity index (χ1) is 17.8. The SMILES string of the molecule is c1cc2c3c(cccc3c1)-c1cc(-c3ccc(-c4cccc5c4oc4ccccc45)cc3)ccc1O2. The molecule has 0 aliphatic carbocycles. The molecular formula is C34H20O2. The van der Waals surface area contributed by atoms with Gasteiger partial charge in [0.05, 0.1) is 0 Å². The van der Waals surface area contributed by atoms with Gasteiger partial charge in [-0.2, -0.15) is 0 Å². The monoisotopic (exact) mass is 460 g/mol. The van der Waals surface area contributed by atoms with Crippen LogP contribution in [0.3, 0.4) is 0 Å². The van der Waals surface area contributed by atoms with E-state index in [9.17, 15) is 0 Å². The second-order valence-corrected chi connectivity index (χ2v) is 9.33. The first-order valence-corrected chi connectivity index (χ1v) is 12.2. The molecule has 0 unspecified atom stereocenters. The maximum atomic E-state index is 6.27. The highest BCUT2D eigenvalue weighted by Gasteiger charge is 2.20. The third-order valence-electron chi connectivity index (χ3n) is 7.29. The van der Waals surface area contributed by atoms with Gasteiger partial charge in [0, 0.05) is 27.3 Å². The molecule has 6 aromatic carbocycles. The fraction of sp³-hybridized carbons (Fsp3) is 0.